The molecular formula is C19H15F3N4O. The quantitative estimate of drug-likeness (QED) is 0.760. The summed E-state index contributed by atoms with van der Waals surface area (Å²) in [5, 5.41) is 7.14. The van der Waals surface area contributed by atoms with Crippen LogP contribution in [0.1, 0.15) is 34.7 Å². The maximum absolute atomic E-state index is 12.7. The molecule has 27 heavy (non-hydrogen) atoms. The Morgan fingerprint density at radius 1 is 1.15 bits per heavy atom. The molecule has 1 aliphatic rings. The number of hydrogen-bond donors (Lipinski definition) is 1. The van der Waals surface area contributed by atoms with Crippen LogP contribution in [0.5, 0.6) is 0 Å². The average molecular weight is 372 g/mol. The second-order valence-corrected chi connectivity index (χ2v) is 6.40. The third-order valence-electron chi connectivity index (χ3n) is 4.48. The summed E-state index contributed by atoms with van der Waals surface area (Å²) in [4.78, 5) is 15.6. The molecule has 1 amide bonds. The third kappa shape index (κ3) is 3.55. The lowest BCUT2D eigenvalue weighted by atomic mass is 9.88. The van der Waals surface area contributed by atoms with Crippen molar-refractivity contribution in [3.63, 3.8) is 0 Å². The molecule has 0 aliphatic carbocycles. The van der Waals surface area contributed by atoms with Gasteiger partial charge in [0.25, 0.3) is 0 Å². The van der Waals surface area contributed by atoms with E-state index in [1.54, 1.807) is 4.68 Å². The van der Waals surface area contributed by atoms with E-state index in [9.17, 15) is 18.0 Å². The highest BCUT2D eigenvalue weighted by Gasteiger charge is 2.34. The number of nitrogens with zero attached hydrogens (tertiary/aromatic N) is 3. The van der Waals surface area contributed by atoms with Crippen molar-refractivity contribution in [3.05, 3.63) is 77.2 Å². The van der Waals surface area contributed by atoms with Gasteiger partial charge in [0.15, 0.2) is 5.82 Å². The second-order valence-electron chi connectivity index (χ2n) is 6.40. The van der Waals surface area contributed by atoms with Crippen molar-refractivity contribution in [1.82, 2.24) is 14.8 Å². The fraction of sp³-hybridized carbons (Fsp3) is 0.211. The minimum atomic E-state index is -4.49. The first-order valence-electron chi connectivity index (χ1n) is 8.34. The molecule has 2 aromatic heterocycles. The number of amides is 1. The van der Waals surface area contributed by atoms with Gasteiger partial charge in [0.1, 0.15) is 5.69 Å². The number of benzene rings is 1. The molecule has 4 rings (SSSR count). The average Bonchev–Trinajstić information content (AvgIpc) is 3.03. The van der Waals surface area contributed by atoms with E-state index >= 15 is 0 Å². The molecule has 1 aromatic carbocycles. The number of aromatic nitrogens is 3. The maximum Gasteiger partial charge on any atom is 0.433 e. The lowest BCUT2D eigenvalue weighted by Gasteiger charge is -2.21. The minimum absolute atomic E-state index is 0.136. The normalized spacial score (nSPS) is 16.7. The molecular weight excluding hydrogens is 357 g/mol. The second kappa shape index (κ2) is 6.53. The highest BCUT2D eigenvalue weighted by molar-refractivity contribution is 5.94. The van der Waals surface area contributed by atoms with Crippen LogP contribution in [0.3, 0.4) is 0 Å². The molecule has 0 bridgehead atoms. The van der Waals surface area contributed by atoms with Gasteiger partial charge in [0.05, 0.1) is 6.54 Å². The minimum Gasteiger partial charge on any atom is -0.309 e. The maximum atomic E-state index is 12.7. The number of carbonyl (C=O) groups is 1. The zero-order chi connectivity index (χ0) is 19.0. The fourth-order valence-corrected chi connectivity index (χ4v) is 3.20. The molecule has 1 N–H and O–H groups in total. The van der Waals surface area contributed by atoms with Crippen LogP contribution < -0.4 is 5.32 Å². The summed E-state index contributed by atoms with van der Waals surface area (Å²) < 4.78 is 39.9. The molecule has 0 spiro atoms. The monoisotopic (exact) mass is 372 g/mol. The molecule has 0 saturated carbocycles. The van der Waals surface area contributed by atoms with Crippen molar-refractivity contribution >= 4 is 11.7 Å². The van der Waals surface area contributed by atoms with Gasteiger partial charge in [-0.2, -0.15) is 18.3 Å². The Morgan fingerprint density at radius 2 is 1.93 bits per heavy atom. The number of alkyl halides is 3. The lowest BCUT2D eigenvalue weighted by Crippen LogP contribution is -2.23. The van der Waals surface area contributed by atoms with Crippen LogP contribution in [0.4, 0.5) is 19.0 Å². The van der Waals surface area contributed by atoms with Gasteiger partial charge in [-0.05, 0) is 17.2 Å². The first-order valence-corrected chi connectivity index (χ1v) is 8.34. The zero-order valence-corrected chi connectivity index (χ0v) is 14.1. The summed E-state index contributed by atoms with van der Waals surface area (Å²) in [6.45, 7) is 0.529. The van der Waals surface area contributed by atoms with E-state index in [0.717, 1.165) is 17.2 Å². The number of rotatable bonds is 3. The van der Waals surface area contributed by atoms with E-state index in [2.05, 4.69) is 15.4 Å². The van der Waals surface area contributed by atoms with Crippen molar-refractivity contribution < 1.29 is 18.0 Å². The molecule has 5 nitrogen and oxygen atoms in total. The van der Waals surface area contributed by atoms with E-state index < -0.39 is 11.9 Å². The number of fused-ring (bicyclic) bond motifs is 1. The molecule has 0 radical (unpaired) electrons. The number of carbonyl (C=O) groups excluding carboxylic acids is 1. The van der Waals surface area contributed by atoms with E-state index in [4.69, 9.17) is 0 Å². The summed E-state index contributed by atoms with van der Waals surface area (Å²) >= 11 is 0. The Hall–Kier alpha value is -3.16. The van der Waals surface area contributed by atoms with E-state index in [-0.39, 0.29) is 18.2 Å². The summed E-state index contributed by atoms with van der Waals surface area (Å²) in [5.41, 5.74) is 1.42. The third-order valence-corrected chi connectivity index (χ3v) is 4.48. The summed E-state index contributed by atoms with van der Waals surface area (Å²) in [7, 11) is 0. The standard InChI is InChI=1S/C19H15F3N4O/c20-19(21,22)16-7-6-13(9-23-16)14-8-17(27)24-18-15(14)11-26(25-18)10-12-4-2-1-3-5-12/h1-7,9,11,14H,8,10H2,(H,24,25,27)/t14-/m0/s1. The first-order chi connectivity index (χ1) is 12.9. The SMILES string of the molecule is O=C1C[C@@H](c2ccc(C(F)(F)F)nc2)c2cn(Cc3ccccc3)nc2N1. The number of nitrogens with one attached hydrogen (secondary N) is 1. The van der Waals surface area contributed by atoms with Crippen LogP contribution in [0.2, 0.25) is 0 Å². The molecule has 0 saturated heterocycles. The van der Waals surface area contributed by atoms with Gasteiger partial charge in [-0.3, -0.25) is 14.5 Å². The summed E-state index contributed by atoms with van der Waals surface area (Å²) in [6.07, 6.45) is -1.35. The number of pyridine rings is 1. The van der Waals surface area contributed by atoms with Gasteiger partial charge >= 0.3 is 6.18 Å². The lowest BCUT2D eigenvalue weighted by molar-refractivity contribution is -0.141. The van der Waals surface area contributed by atoms with Crippen molar-refractivity contribution in [3.8, 4) is 0 Å². The van der Waals surface area contributed by atoms with Gasteiger partial charge in [-0.15, -0.1) is 0 Å². The van der Waals surface area contributed by atoms with Crippen LogP contribution in [0.25, 0.3) is 0 Å². The highest BCUT2D eigenvalue weighted by Crippen LogP contribution is 2.37. The van der Waals surface area contributed by atoms with Gasteiger partial charge in [-0.1, -0.05) is 36.4 Å². The number of halogens is 3. The highest BCUT2D eigenvalue weighted by atomic mass is 19.4. The van der Waals surface area contributed by atoms with Crippen molar-refractivity contribution in [1.29, 1.82) is 0 Å². The Morgan fingerprint density at radius 3 is 2.59 bits per heavy atom. The largest absolute Gasteiger partial charge is 0.433 e. The van der Waals surface area contributed by atoms with Crippen molar-refractivity contribution in [2.45, 2.75) is 25.1 Å². The predicted molar refractivity (Wildman–Crippen MR) is 92.1 cm³/mol. The fourth-order valence-electron chi connectivity index (χ4n) is 3.20. The topological polar surface area (TPSA) is 59.8 Å². The van der Waals surface area contributed by atoms with Crippen LogP contribution in [-0.2, 0) is 17.5 Å². The van der Waals surface area contributed by atoms with Crippen LogP contribution >= 0.6 is 0 Å². The zero-order valence-electron chi connectivity index (χ0n) is 14.1. The van der Waals surface area contributed by atoms with Crippen LogP contribution in [0.15, 0.2) is 54.9 Å². The number of hydrogen-bond acceptors (Lipinski definition) is 3. The van der Waals surface area contributed by atoms with Gasteiger partial charge in [-0.25, -0.2) is 0 Å². The molecule has 1 atom stereocenters. The summed E-state index contributed by atoms with van der Waals surface area (Å²) in [6, 6.07) is 12.0. The molecule has 0 fully saturated rings. The summed E-state index contributed by atoms with van der Waals surface area (Å²) in [5.74, 6) is -0.169. The van der Waals surface area contributed by atoms with Gasteiger partial charge < -0.3 is 5.32 Å². The molecule has 3 aromatic rings. The molecule has 0 unspecified atom stereocenters. The van der Waals surface area contributed by atoms with E-state index in [0.29, 0.717) is 17.9 Å². The van der Waals surface area contributed by atoms with Crippen LogP contribution in [-0.4, -0.2) is 20.7 Å². The van der Waals surface area contributed by atoms with E-state index in [1.165, 1.54) is 12.3 Å². The van der Waals surface area contributed by atoms with Gasteiger partial charge in [0, 0.05) is 30.3 Å². The Bertz CT molecular complexity index is 965. The van der Waals surface area contributed by atoms with Crippen molar-refractivity contribution in [2.75, 3.05) is 5.32 Å². The Kier molecular flexibility index (Phi) is 4.18. The molecule has 8 heteroatoms. The molecule has 138 valence electrons. The molecule has 3 heterocycles. The first kappa shape index (κ1) is 17.3. The van der Waals surface area contributed by atoms with E-state index in [1.807, 2.05) is 36.5 Å². The Balaban J connectivity index is 1.65. The van der Waals surface area contributed by atoms with Gasteiger partial charge in [0.2, 0.25) is 5.91 Å². The smallest absolute Gasteiger partial charge is 0.309 e. The van der Waals surface area contributed by atoms with Crippen molar-refractivity contribution in [2.24, 2.45) is 0 Å². The molecule has 1 aliphatic heterocycles. The Labute approximate surface area is 152 Å². The number of anilines is 1. The predicted octanol–water partition coefficient (Wildman–Crippen LogP) is 3.82. The van der Waals surface area contributed by atoms with Crippen LogP contribution in [0, 0.1) is 0 Å².